The molecule has 0 fully saturated rings. The van der Waals surface area contributed by atoms with Gasteiger partial charge in [-0.05, 0) is 67.8 Å². The van der Waals surface area contributed by atoms with E-state index >= 15 is 0 Å². The highest BCUT2D eigenvalue weighted by Crippen LogP contribution is 2.44. The summed E-state index contributed by atoms with van der Waals surface area (Å²) in [5.41, 5.74) is 2.52. The fourth-order valence-electron chi connectivity index (χ4n) is 4.23. The molecular formula is C27H24N2O5S. The van der Waals surface area contributed by atoms with Crippen LogP contribution in [0, 0.1) is 6.92 Å². The Morgan fingerprint density at radius 2 is 1.91 bits per heavy atom. The van der Waals surface area contributed by atoms with Crippen LogP contribution in [-0.2, 0) is 11.2 Å². The van der Waals surface area contributed by atoms with E-state index in [9.17, 15) is 14.7 Å². The number of ether oxygens (including phenoxy) is 1. The quantitative estimate of drug-likeness (QED) is 0.324. The number of aliphatic hydroxyl groups excluding tert-OH is 1. The number of carbonyl (C=O) groups excluding carboxylic acids is 2. The van der Waals surface area contributed by atoms with Gasteiger partial charge in [0.05, 0.1) is 28.4 Å². The maximum atomic E-state index is 13.5. The Hall–Kier alpha value is -3.91. The van der Waals surface area contributed by atoms with Crippen molar-refractivity contribution < 1.29 is 23.8 Å². The van der Waals surface area contributed by atoms with Crippen LogP contribution in [0.5, 0.6) is 5.75 Å². The fourth-order valence-corrected chi connectivity index (χ4v) is 5.29. The maximum Gasteiger partial charge on any atom is 0.296 e. The molecule has 0 saturated heterocycles. The molecule has 8 heteroatoms. The number of fused-ring (bicyclic) bond motifs is 1. The number of thiazole rings is 1. The average Bonchev–Trinajstić information content (AvgIpc) is 3.55. The first-order valence-corrected chi connectivity index (χ1v) is 12.2. The molecule has 7 nitrogen and oxygen atoms in total. The molecule has 2 aromatic carbocycles. The number of hydrogen-bond donors (Lipinski definition) is 1. The number of amides is 1. The monoisotopic (exact) mass is 488 g/mol. The first kappa shape index (κ1) is 22.9. The Morgan fingerprint density at radius 1 is 1.14 bits per heavy atom. The van der Waals surface area contributed by atoms with Crippen molar-refractivity contribution in [2.24, 2.45) is 0 Å². The second-order valence-electron chi connectivity index (χ2n) is 8.23. The van der Waals surface area contributed by atoms with Gasteiger partial charge in [0.25, 0.3) is 5.91 Å². The van der Waals surface area contributed by atoms with Crippen LogP contribution < -0.4 is 9.64 Å². The number of carbonyl (C=O) groups is 2. The van der Waals surface area contributed by atoms with Crippen LogP contribution >= 0.6 is 11.3 Å². The van der Waals surface area contributed by atoms with Crippen molar-refractivity contribution in [3.63, 3.8) is 0 Å². The van der Waals surface area contributed by atoms with Gasteiger partial charge in [0, 0.05) is 0 Å². The summed E-state index contributed by atoms with van der Waals surface area (Å²) < 4.78 is 12.0. The van der Waals surface area contributed by atoms with Crippen LogP contribution in [0.2, 0.25) is 0 Å². The van der Waals surface area contributed by atoms with Crippen LogP contribution in [-0.4, -0.2) is 28.4 Å². The highest BCUT2D eigenvalue weighted by molar-refractivity contribution is 7.22. The number of hydrogen-bond acceptors (Lipinski definition) is 7. The molecule has 1 N–H and O–H groups in total. The number of Topliss-reactive ketones (excluding diaryl/α,β-unsaturated/α-hetero) is 1. The van der Waals surface area contributed by atoms with Crippen LogP contribution in [0.3, 0.4) is 0 Å². The van der Waals surface area contributed by atoms with Crippen molar-refractivity contribution in [1.29, 1.82) is 0 Å². The molecule has 0 radical (unpaired) electrons. The molecule has 1 aliphatic rings. The molecule has 1 atom stereocenters. The highest BCUT2D eigenvalue weighted by Gasteiger charge is 2.46. The lowest BCUT2D eigenvalue weighted by molar-refractivity contribution is -0.117. The van der Waals surface area contributed by atoms with E-state index in [0.29, 0.717) is 28.8 Å². The van der Waals surface area contributed by atoms with E-state index in [2.05, 4.69) is 11.9 Å². The second kappa shape index (κ2) is 9.03. The van der Waals surface area contributed by atoms with Gasteiger partial charge in [-0.3, -0.25) is 14.5 Å². The normalized spacial score (nSPS) is 15.9. The van der Waals surface area contributed by atoms with Crippen LogP contribution in [0.4, 0.5) is 5.13 Å². The molecule has 35 heavy (non-hydrogen) atoms. The predicted molar refractivity (Wildman–Crippen MR) is 134 cm³/mol. The van der Waals surface area contributed by atoms with Crippen LogP contribution in [0.1, 0.15) is 47.3 Å². The fraction of sp³-hybridized carbons (Fsp3) is 0.222. The van der Waals surface area contributed by atoms with E-state index in [1.807, 2.05) is 25.1 Å². The number of ketones is 1. The molecule has 1 aliphatic heterocycles. The average molecular weight is 489 g/mol. The van der Waals surface area contributed by atoms with Gasteiger partial charge in [0.15, 0.2) is 16.7 Å². The molecule has 3 heterocycles. The number of rotatable bonds is 7. The zero-order valence-electron chi connectivity index (χ0n) is 19.6. The Balaban J connectivity index is 1.64. The second-order valence-corrected chi connectivity index (χ2v) is 9.24. The van der Waals surface area contributed by atoms with E-state index in [-0.39, 0.29) is 11.3 Å². The number of furan rings is 1. The first-order chi connectivity index (χ1) is 16.9. The van der Waals surface area contributed by atoms with Crippen molar-refractivity contribution in [2.45, 2.75) is 33.2 Å². The lowest BCUT2D eigenvalue weighted by Gasteiger charge is -2.24. The van der Waals surface area contributed by atoms with Gasteiger partial charge >= 0.3 is 0 Å². The first-order valence-electron chi connectivity index (χ1n) is 11.4. The minimum atomic E-state index is -0.873. The molecule has 4 aromatic rings. The van der Waals surface area contributed by atoms with Gasteiger partial charge in [0.1, 0.15) is 11.5 Å². The Bertz CT molecular complexity index is 1460. The van der Waals surface area contributed by atoms with Gasteiger partial charge in [-0.15, -0.1) is 0 Å². The summed E-state index contributed by atoms with van der Waals surface area (Å²) in [5, 5.41) is 11.3. The molecule has 0 unspecified atom stereocenters. The van der Waals surface area contributed by atoms with Gasteiger partial charge < -0.3 is 14.3 Å². The minimum Gasteiger partial charge on any atom is -0.503 e. The number of aliphatic hydroxyl groups is 1. The van der Waals surface area contributed by atoms with Gasteiger partial charge in [-0.25, -0.2) is 4.98 Å². The molecule has 178 valence electrons. The summed E-state index contributed by atoms with van der Waals surface area (Å²) >= 11 is 1.35. The lowest BCUT2D eigenvalue weighted by atomic mass is 9.95. The van der Waals surface area contributed by atoms with Gasteiger partial charge in [-0.1, -0.05) is 36.5 Å². The SMILES string of the molecule is CCOc1ccc([C@H]2C(C(=O)c3ccc(C)o3)=C(O)C(=O)N2c2nc3ccc(CC)cc3s2)cc1. The Morgan fingerprint density at radius 3 is 2.57 bits per heavy atom. The van der Waals surface area contributed by atoms with E-state index in [0.717, 1.165) is 22.2 Å². The number of aryl methyl sites for hydroxylation is 2. The standard InChI is InChI=1S/C27H24N2O5S/c1-4-16-7-12-19-21(14-16)35-27(28-19)29-23(17-8-10-18(11-9-17)33-5-2)22(25(31)26(29)32)24(30)20-13-6-15(3)34-20/h6-14,23,31H,4-5H2,1-3H3/t23-/m0/s1. The highest BCUT2D eigenvalue weighted by atomic mass is 32.1. The molecule has 1 amide bonds. The molecule has 5 rings (SSSR count). The zero-order valence-corrected chi connectivity index (χ0v) is 20.4. The summed E-state index contributed by atoms with van der Waals surface area (Å²) in [6.45, 7) is 6.21. The summed E-state index contributed by atoms with van der Waals surface area (Å²) in [5.74, 6) is -0.528. The van der Waals surface area contributed by atoms with E-state index < -0.39 is 23.5 Å². The van der Waals surface area contributed by atoms with Crippen molar-refractivity contribution in [2.75, 3.05) is 11.5 Å². The number of nitrogens with zero attached hydrogens (tertiary/aromatic N) is 2. The Labute approximate surface area is 206 Å². The largest absolute Gasteiger partial charge is 0.503 e. The third-order valence-corrected chi connectivity index (χ3v) is 7.00. The number of anilines is 1. The van der Waals surface area contributed by atoms with Crippen LogP contribution in [0.25, 0.3) is 10.2 Å². The van der Waals surface area contributed by atoms with E-state index in [4.69, 9.17) is 9.15 Å². The van der Waals surface area contributed by atoms with Crippen molar-refractivity contribution in [3.8, 4) is 5.75 Å². The predicted octanol–water partition coefficient (Wildman–Crippen LogP) is 5.94. The molecule has 0 aliphatic carbocycles. The topological polar surface area (TPSA) is 92.9 Å². The van der Waals surface area contributed by atoms with Crippen LogP contribution in [0.15, 0.2) is 70.3 Å². The molecule has 0 bridgehead atoms. The summed E-state index contributed by atoms with van der Waals surface area (Å²) in [4.78, 5) is 32.9. The molecule has 0 saturated carbocycles. The summed E-state index contributed by atoms with van der Waals surface area (Å²) in [6.07, 6.45) is 0.879. The van der Waals surface area contributed by atoms with Crippen molar-refractivity contribution >= 4 is 38.4 Å². The summed E-state index contributed by atoms with van der Waals surface area (Å²) in [7, 11) is 0. The molecular weight excluding hydrogens is 464 g/mol. The number of aromatic nitrogens is 1. The van der Waals surface area contributed by atoms with Crippen molar-refractivity contribution in [3.05, 3.63) is 88.6 Å². The molecule has 2 aromatic heterocycles. The van der Waals surface area contributed by atoms with Crippen molar-refractivity contribution in [1.82, 2.24) is 4.98 Å². The number of benzene rings is 2. The lowest BCUT2D eigenvalue weighted by Crippen LogP contribution is -2.30. The third-order valence-electron chi connectivity index (χ3n) is 5.98. The zero-order chi connectivity index (χ0) is 24.7. The summed E-state index contributed by atoms with van der Waals surface area (Å²) in [6, 6.07) is 15.5. The smallest absolute Gasteiger partial charge is 0.296 e. The maximum absolute atomic E-state index is 13.5. The van der Waals surface area contributed by atoms with E-state index in [1.165, 1.54) is 16.2 Å². The van der Waals surface area contributed by atoms with Gasteiger partial charge in [-0.2, -0.15) is 0 Å². The third kappa shape index (κ3) is 4.00. The molecule has 0 spiro atoms. The Kier molecular flexibility index (Phi) is 5.90. The van der Waals surface area contributed by atoms with E-state index in [1.54, 1.807) is 43.3 Å². The minimum absolute atomic E-state index is 0.0398. The van der Waals surface area contributed by atoms with Gasteiger partial charge in [0.2, 0.25) is 5.78 Å².